The minimum atomic E-state index is -0.258. The molecule has 1 aliphatic heterocycles. The van der Waals surface area contributed by atoms with Gasteiger partial charge in [0.2, 0.25) is 5.91 Å². The van der Waals surface area contributed by atoms with E-state index in [2.05, 4.69) is 30.7 Å². The number of piperidine rings is 1. The SMILES string of the molecule is CSC1(CNC(=O)C(C)(C)C2CCCNC2)CCCC1. The predicted molar refractivity (Wildman–Crippen MR) is 87.1 cm³/mol. The van der Waals surface area contributed by atoms with Crippen LogP contribution in [0.2, 0.25) is 0 Å². The lowest BCUT2D eigenvalue weighted by Gasteiger charge is -2.37. The van der Waals surface area contributed by atoms with Gasteiger partial charge in [-0.05, 0) is 50.9 Å². The van der Waals surface area contributed by atoms with Crippen LogP contribution < -0.4 is 10.6 Å². The summed E-state index contributed by atoms with van der Waals surface area (Å²) in [4.78, 5) is 12.6. The van der Waals surface area contributed by atoms with Crippen LogP contribution in [0.25, 0.3) is 0 Å². The quantitative estimate of drug-likeness (QED) is 0.820. The molecule has 1 saturated carbocycles. The van der Waals surface area contributed by atoms with E-state index < -0.39 is 0 Å². The Morgan fingerprint density at radius 3 is 2.60 bits per heavy atom. The maximum absolute atomic E-state index is 12.6. The number of hydrogen-bond donors (Lipinski definition) is 2. The van der Waals surface area contributed by atoms with Gasteiger partial charge in [0.25, 0.3) is 0 Å². The molecule has 1 saturated heterocycles. The Balaban J connectivity index is 1.89. The molecule has 0 aromatic rings. The molecule has 0 radical (unpaired) electrons. The summed E-state index contributed by atoms with van der Waals surface area (Å²) >= 11 is 1.94. The molecule has 2 rings (SSSR count). The Labute approximate surface area is 128 Å². The molecule has 0 bridgehead atoms. The summed E-state index contributed by atoms with van der Waals surface area (Å²) in [5.74, 6) is 0.705. The van der Waals surface area contributed by atoms with E-state index in [0.717, 1.165) is 19.6 Å². The van der Waals surface area contributed by atoms with Crippen LogP contribution in [0.5, 0.6) is 0 Å². The first kappa shape index (κ1) is 16.2. The molecule has 116 valence electrons. The van der Waals surface area contributed by atoms with Crippen LogP contribution in [0.15, 0.2) is 0 Å². The van der Waals surface area contributed by atoms with Crippen molar-refractivity contribution in [3.63, 3.8) is 0 Å². The van der Waals surface area contributed by atoms with E-state index in [1.54, 1.807) is 0 Å². The Morgan fingerprint density at radius 1 is 1.35 bits per heavy atom. The van der Waals surface area contributed by atoms with E-state index in [1.807, 2.05) is 11.8 Å². The van der Waals surface area contributed by atoms with E-state index in [9.17, 15) is 4.79 Å². The summed E-state index contributed by atoms with van der Waals surface area (Å²) in [6.45, 7) is 7.15. The molecule has 1 heterocycles. The molecule has 0 aromatic carbocycles. The van der Waals surface area contributed by atoms with Crippen molar-refractivity contribution < 1.29 is 4.79 Å². The van der Waals surface area contributed by atoms with Crippen LogP contribution in [0.3, 0.4) is 0 Å². The molecule has 1 aliphatic carbocycles. The van der Waals surface area contributed by atoms with Crippen molar-refractivity contribution in [2.24, 2.45) is 11.3 Å². The van der Waals surface area contributed by atoms with Crippen molar-refractivity contribution in [1.82, 2.24) is 10.6 Å². The van der Waals surface area contributed by atoms with Gasteiger partial charge in [0.05, 0.1) is 0 Å². The van der Waals surface area contributed by atoms with Crippen molar-refractivity contribution >= 4 is 17.7 Å². The Bertz CT molecular complexity index is 331. The van der Waals surface area contributed by atoms with Crippen LogP contribution in [-0.4, -0.2) is 36.5 Å². The Morgan fingerprint density at radius 2 is 2.05 bits per heavy atom. The van der Waals surface area contributed by atoms with Crippen LogP contribution in [0.4, 0.5) is 0 Å². The molecule has 2 fully saturated rings. The van der Waals surface area contributed by atoms with Gasteiger partial charge in [-0.2, -0.15) is 11.8 Å². The number of thioether (sulfide) groups is 1. The molecule has 1 amide bonds. The fourth-order valence-corrected chi connectivity index (χ4v) is 4.51. The second-order valence-corrected chi connectivity index (χ2v) is 8.32. The normalized spacial score (nSPS) is 26.4. The maximum atomic E-state index is 12.6. The van der Waals surface area contributed by atoms with E-state index >= 15 is 0 Å². The Hall–Kier alpha value is -0.220. The minimum absolute atomic E-state index is 0.242. The lowest BCUT2D eigenvalue weighted by Crippen LogP contribution is -2.50. The second kappa shape index (κ2) is 6.69. The third kappa shape index (κ3) is 3.51. The highest BCUT2D eigenvalue weighted by Crippen LogP contribution is 2.40. The van der Waals surface area contributed by atoms with Crippen molar-refractivity contribution in [1.29, 1.82) is 0 Å². The average molecular weight is 298 g/mol. The monoisotopic (exact) mass is 298 g/mol. The first-order valence-corrected chi connectivity index (χ1v) is 9.27. The summed E-state index contributed by atoms with van der Waals surface area (Å²) in [6, 6.07) is 0. The first-order valence-electron chi connectivity index (χ1n) is 8.04. The molecule has 20 heavy (non-hydrogen) atoms. The largest absolute Gasteiger partial charge is 0.354 e. The molecule has 1 unspecified atom stereocenters. The van der Waals surface area contributed by atoms with Crippen LogP contribution in [0, 0.1) is 11.3 Å². The molecule has 2 aliphatic rings. The molecular weight excluding hydrogens is 268 g/mol. The van der Waals surface area contributed by atoms with Gasteiger partial charge in [0.1, 0.15) is 0 Å². The maximum Gasteiger partial charge on any atom is 0.226 e. The number of rotatable bonds is 5. The van der Waals surface area contributed by atoms with Gasteiger partial charge in [-0.3, -0.25) is 4.79 Å². The van der Waals surface area contributed by atoms with Gasteiger partial charge in [0.15, 0.2) is 0 Å². The van der Waals surface area contributed by atoms with Gasteiger partial charge in [0, 0.05) is 16.7 Å². The van der Waals surface area contributed by atoms with Crippen molar-refractivity contribution in [3.05, 3.63) is 0 Å². The molecule has 0 aromatic heterocycles. The Kier molecular flexibility index (Phi) is 5.41. The van der Waals surface area contributed by atoms with Gasteiger partial charge < -0.3 is 10.6 Å². The number of nitrogens with one attached hydrogen (secondary N) is 2. The highest BCUT2D eigenvalue weighted by Gasteiger charge is 2.39. The van der Waals surface area contributed by atoms with Crippen LogP contribution in [0.1, 0.15) is 52.4 Å². The molecule has 1 atom stereocenters. The molecule has 0 spiro atoms. The molecule has 4 heteroatoms. The topological polar surface area (TPSA) is 41.1 Å². The smallest absolute Gasteiger partial charge is 0.226 e. The van der Waals surface area contributed by atoms with Crippen molar-refractivity contribution in [3.8, 4) is 0 Å². The third-order valence-corrected chi connectivity index (χ3v) is 6.84. The number of carbonyl (C=O) groups is 1. The van der Waals surface area contributed by atoms with Crippen LogP contribution >= 0.6 is 11.8 Å². The zero-order valence-electron chi connectivity index (χ0n) is 13.3. The lowest BCUT2D eigenvalue weighted by atomic mass is 9.74. The van der Waals surface area contributed by atoms with E-state index in [0.29, 0.717) is 10.7 Å². The van der Waals surface area contributed by atoms with Crippen molar-refractivity contribution in [2.45, 2.75) is 57.1 Å². The average Bonchev–Trinajstić information content (AvgIpc) is 2.95. The number of amides is 1. The van der Waals surface area contributed by atoms with Gasteiger partial charge >= 0.3 is 0 Å². The summed E-state index contributed by atoms with van der Waals surface area (Å²) in [5.41, 5.74) is -0.258. The lowest BCUT2D eigenvalue weighted by molar-refractivity contribution is -0.132. The van der Waals surface area contributed by atoms with Crippen LogP contribution in [-0.2, 0) is 4.79 Å². The van der Waals surface area contributed by atoms with Crippen molar-refractivity contribution in [2.75, 3.05) is 25.9 Å². The zero-order chi connectivity index (χ0) is 14.6. The van der Waals surface area contributed by atoms with E-state index in [1.165, 1.54) is 38.5 Å². The van der Waals surface area contributed by atoms with Gasteiger partial charge in [-0.1, -0.05) is 26.7 Å². The predicted octanol–water partition coefficient (Wildman–Crippen LogP) is 2.80. The molecule has 2 N–H and O–H groups in total. The number of carbonyl (C=O) groups excluding carboxylic acids is 1. The second-order valence-electron chi connectivity index (χ2n) is 7.04. The van der Waals surface area contributed by atoms with E-state index in [-0.39, 0.29) is 11.3 Å². The first-order chi connectivity index (χ1) is 9.50. The summed E-state index contributed by atoms with van der Waals surface area (Å²) < 4.78 is 0.302. The fraction of sp³-hybridized carbons (Fsp3) is 0.938. The van der Waals surface area contributed by atoms with Gasteiger partial charge in [-0.15, -0.1) is 0 Å². The molecular formula is C16H30N2OS. The number of hydrogen-bond acceptors (Lipinski definition) is 3. The summed E-state index contributed by atoms with van der Waals surface area (Å²) in [5, 5.41) is 6.69. The summed E-state index contributed by atoms with van der Waals surface area (Å²) in [7, 11) is 0. The van der Waals surface area contributed by atoms with Gasteiger partial charge in [-0.25, -0.2) is 0 Å². The zero-order valence-corrected chi connectivity index (χ0v) is 14.1. The highest BCUT2D eigenvalue weighted by atomic mass is 32.2. The fourth-order valence-electron chi connectivity index (χ4n) is 3.59. The highest BCUT2D eigenvalue weighted by molar-refractivity contribution is 8.00. The summed E-state index contributed by atoms with van der Waals surface area (Å²) in [6.07, 6.45) is 9.67. The van der Waals surface area contributed by atoms with E-state index in [4.69, 9.17) is 0 Å². The standard InChI is InChI=1S/C16H30N2OS/c1-15(2,13-7-6-10-17-11-13)14(19)18-12-16(20-3)8-4-5-9-16/h13,17H,4-12H2,1-3H3,(H,18,19). The molecule has 3 nitrogen and oxygen atoms in total. The third-order valence-electron chi connectivity index (χ3n) is 5.42. The minimum Gasteiger partial charge on any atom is -0.354 e.